The molecular formula is C8H11ClO2. The van der Waals surface area contributed by atoms with Crippen molar-refractivity contribution in [1.82, 2.24) is 0 Å². The first-order valence-electron chi connectivity index (χ1n) is 3.20. The molecule has 0 heterocycles. The molecule has 0 aromatic carbocycles. The lowest BCUT2D eigenvalue weighted by molar-refractivity contribution is -0.138. The molecule has 0 rings (SSSR count). The Morgan fingerprint density at radius 1 is 1.55 bits per heavy atom. The average Bonchev–Trinajstić information content (AvgIpc) is 1.86. The molecule has 0 fully saturated rings. The van der Waals surface area contributed by atoms with Gasteiger partial charge in [-0.15, -0.1) is 0 Å². The summed E-state index contributed by atoms with van der Waals surface area (Å²) < 4.78 is 4.73. The monoisotopic (exact) mass is 174 g/mol. The molecule has 0 radical (unpaired) electrons. The maximum absolute atomic E-state index is 10.7. The van der Waals surface area contributed by atoms with Crippen LogP contribution in [0.5, 0.6) is 0 Å². The second-order valence-electron chi connectivity index (χ2n) is 2.18. The van der Waals surface area contributed by atoms with E-state index in [1.807, 2.05) is 0 Å². The van der Waals surface area contributed by atoms with Crippen molar-refractivity contribution >= 4 is 17.6 Å². The zero-order valence-corrected chi connectivity index (χ0v) is 7.28. The Balaban J connectivity index is 3.47. The summed E-state index contributed by atoms with van der Waals surface area (Å²) in [7, 11) is 0. The van der Waals surface area contributed by atoms with Crippen LogP contribution in [0.4, 0.5) is 0 Å². The Morgan fingerprint density at radius 2 is 2.09 bits per heavy atom. The summed E-state index contributed by atoms with van der Waals surface area (Å²) in [5.41, 5.74) is 0.394. The SMILES string of the molecule is C=C(Cl)CCOC(=O)C(=C)C. The summed E-state index contributed by atoms with van der Waals surface area (Å²) in [5, 5.41) is 0.486. The van der Waals surface area contributed by atoms with Gasteiger partial charge >= 0.3 is 5.97 Å². The first-order valence-corrected chi connectivity index (χ1v) is 3.57. The van der Waals surface area contributed by atoms with E-state index in [-0.39, 0.29) is 12.6 Å². The fraction of sp³-hybridized carbons (Fsp3) is 0.375. The highest BCUT2D eigenvalue weighted by Gasteiger charge is 2.01. The largest absolute Gasteiger partial charge is 0.462 e. The van der Waals surface area contributed by atoms with E-state index in [4.69, 9.17) is 16.3 Å². The Hall–Kier alpha value is -0.760. The van der Waals surface area contributed by atoms with Crippen molar-refractivity contribution in [3.05, 3.63) is 23.8 Å². The van der Waals surface area contributed by atoms with Gasteiger partial charge in [-0.25, -0.2) is 4.79 Å². The molecule has 0 atom stereocenters. The first kappa shape index (κ1) is 10.2. The molecular weight excluding hydrogens is 164 g/mol. The highest BCUT2D eigenvalue weighted by Crippen LogP contribution is 2.03. The molecule has 11 heavy (non-hydrogen) atoms. The van der Waals surface area contributed by atoms with Gasteiger partial charge in [0.05, 0.1) is 6.61 Å². The van der Waals surface area contributed by atoms with Crippen LogP contribution in [0, 0.1) is 0 Å². The van der Waals surface area contributed by atoms with Crippen LogP contribution in [0.3, 0.4) is 0 Å². The third kappa shape index (κ3) is 5.67. The van der Waals surface area contributed by atoms with Gasteiger partial charge in [-0.3, -0.25) is 0 Å². The fourth-order valence-electron chi connectivity index (χ4n) is 0.378. The second-order valence-corrected chi connectivity index (χ2v) is 2.72. The molecule has 0 N–H and O–H groups in total. The van der Waals surface area contributed by atoms with Gasteiger partial charge in [-0.2, -0.15) is 0 Å². The van der Waals surface area contributed by atoms with Crippen molar-refractivity contribution in [1.29, 1.82) is 0 Å². The molecule has 2 nitrogen and oxygen atoms in total. The van der Waals surface area contributed by atoms with Crippen molar-refractivity contribution in [2.24, 2.45) is 0 Å². The molecule has 0 spiro atoms. The van der Waals surface area contributed by atoms with Gasteiger partial charge in [0.2, 0.25) is 0 Å². The summed E-state index contributed by atoms with van der Waals surface area (Å²) in [4.78, 5) is 10.7. The lowest BCUT2D eigenvalue weighted by Gasteiger charge is -2.01. The van der Waals surface area contributed by atoms with E-state index in [2.05, 4.69) is 13.2 Å². The summed E-state index contributed by atoms with van der Waals surface area (Å²) in [6, 6.07) is 0. The molecule has 0 aliphatic rings. The van der Waals surface area contributed by atoms with Crippen LogP contribution in [-0.2, 0) is 9.53 Å². The van der Waals surface area contributed by atoms with E-state index in [1.165, 1.54) is 0 Å². The standard InChI is InChI=1S/C8H11ClO2/c1-6(2)8(10)11-5-4-7(3)9/h1,3-5H2,2H3. The highest BCUT2D eigenvalue weighted by molar-refractivity contribution is 6.29. The summed E-state index contributed by atoms with van der Waals surface area (Å²) in [6.07, 6.45) is 0.487. The van der Waals surface area contributed by atoms with Crippen LogP contribution in [0.2, 0.25) is 0 Å². The topological polar surface area (TPSA) is 26.3 Å². The van der Waals surface area contributed by atoms with E-state index >= 15 is 0 Å². The third-order valence-electron chi connectivity index (χ3n) is 0.955. The zero-order chi connectivity index (χ0) is 8.85. The highest BCUT2D eigenvalue weighted by atomic mass is 35.5. The van der Waals surface area contributed by atoms with Crippen molar-refractivity contribution < 1.29 is 9.53 Å². The van der Waals surface area contributed by atoms with Gasteiger partial charge in [-0.05, 0) is 6.92 Å². The van der Waals surface area contributed by atoms with E-state index < -0.39 is 0 Å². The molecule has 62 valence electrons. The van der Waals surface area contributed by atoms with E-state index in [1.54, 1.807) is 6.92 Å². The van der Waals surface area contributed by atoms with Crippen LogP contribution in [-0.4, -0.2) is 12.6 Å². The number of carbonyl (C=O) groups excluding carboxylic acids is 1. The van der Waals surface area contributed by atoms with Gasteiger partial charge in [0.15, 0.2) is 0 Å². The molecule has 0 saturated heterocycles. The van der Waals surface area contributed by atoms with Gasteiger partial charge < -0.3 is 4.74 Å². The normalized spacial score (nSPS) is 8.91. The Bertz CT molecular complexity index is 185. The quantitative estimate of drug-likeness (QED) is 0.483. The molecule has 0 unspecified atom stereocenters. The lowest BCUT2D eigenvalue weighted by Crippen LogP contribution is -2.05. The summed E-state index contributed by atoms with van der Waals surface area (Å²) >= 11 is 5.43. The van der Waals surface area contributed by atoms with E-state index in [0.717, 1.165) is 0 Å². The molecule has 0 aromatic rings. The minimum absolute atomic E-state index is 0.272. The lowest BCUT2D eigenvalue weighted by atomic mass is 10.3. The van der Waals surface area contributed by atoms with Gasteiger partial charge in [-0.1, -0.05) is 24.8 Å². The summed E-state index contributed by atoms with van der Waals surface area (Å²) in [5.74, 6) is -0.386. The van der Waals surface area contributed by atoms with Crippen molar-refractivity contribution in [3.63, 3.8) is 0 Å². The minimum Gasteiger partial charge on any atom is -0.462 e. The molecule has 0 amide bonds. The number of carbonyl (C=O) groups is 1. The Labute approximate surface area is 71.5 Å². The molecule has 0 aromatic heterocycles. The van der Waals surface area contributed by atoms with Crippen LogP contribution in [0.1, 0.15) is 13.3 Å². The minimum atomic E-state index is -0.386. The maximum atomic E-state index is 10.7. The van der Waals surface area contributed by atoms with Gasteiger partial charge in [0, 0.05) is 17.0 Å². The second kappa shape index (κ2) is 4.97. The number of halogens is 1. The predicted octanol–water partition coefficient (Wildman–Crippen LogP) is 2.25. The van der Waals surface area contributed by atoms with Crippen LogP contribution < -0.4 is 0 Å². The van der Waals surface area contributed by atoms with Crippen LogP contribution >= 0.6 is 11.6 Å². The number of esters is 1. The first-order chi connectivity index (χ1) is 5.04. The third-order valence-corrected chi connectivity index (χ3v) is 1.14. The van der Waals surface area contributed by atoms with Crippen molar-refractivity contribution in [2.75, 3.05) is 6.61 Å². The molecule has 0 aliphatic heterocycles. The molecule has 0 saturated carbocycles. The Kier molecular flexibility index (Phi) is 4.62. The van der Waals surface area contributed by atoms with Crippen LogP contribution in [0.25, 0.3) is 0 Å². The number of hydrogen-bond acceptors (Lipinski definition) is 2. The maximum Gasteiger partial charge on any atom is 0.333 e. The molecule has 0 bridgehead atoms. The van der Waals surface area contributed by atoms with Crippen LogP contribution in [0.15, 0.2) is 23.8 Å². The molecule has 3 heteroatoms. The predicted molar refractivity (Wildman–Crippen MR) is 45.4 cm³/mol. The van der Waals surface area contributed by atoms with Crippen molar-refractivity contribution in [3.8, 4) is 0 Å². The zero-order valence-electron chi connectivity index (χ0n) is 6.52. The van der Waals surface area contributed by atoms with E-state index in [9.17, 15) is 4.79 Å². The van der Waals surface area contributed by atoms with Crippen molar-refractivity contribution in [2.45, 2.75) is 13.3 Å². The van der Waals surface area contributed by atoms with Gasteiger partial charge in [0.1, 0.15) is 0 Å². The Morgan fingerprint density at radius 3 is 2.45 bits per heavy atom. The number of hydrogen-bond donors (Lipinski definition) is 0. The fourth-order valence-corrected chi connectivity index (χ4v) is 0.455. The number of rotatable bonds is 4. The van der Waals surface area contributed by atoms with Gasteiger partial charge in [0.25, 0.3) is 0 Å². The smallest absolute Gasteiger partial charge is 0.333 e. The average molecular weight is 175 g/mol. The molecule has 0 aliphatic carbocycles. The summed E-state index contributed by atoms with van der Waals surface area (Å²) in [6.45, 7) is 8.74. The van der Waals surface area contributed by atoms with E-state index in [0.29, 0.717) is 17.0 Å². The number of ether oxygens (including phenoxy) is 1.